The van der Waals surface area contributed by atoms with Gasteiger partial charge in [-0.15, -0.1) is 0 Å². The zero-order valence-electron chi connectivity index (χ0n) is 8.64. The molecule has 3 N–H and O–H groups in total. The largest absolute Gasteiger partial charge is 0.392 e. The second-order valence-corrected chi connectivity index (χ2v) is 3.46. The fourth-order valence-corrected chi connectivity index (χ4v) is 1.25. The van der Waals surface area contributed by atoms with Crippen LogP contribution in [0.4, 0.5) is 5.82 Å². The summed E-state index contributed by atoms with van der Waals surface area (Å²) in [4.78, 5) is 6.15. The van der Waals surface area contributed by atoms with E-state index in [4.69, 9.17) is 5.73 Å². The molecular weight excluding hydrogens is 178 g/mol. The molecule has 1 atom stereocenters. The van der Waals surface area contributed by atoms with Crippen molar-refractivity contribution in [1.29, 1.82) is 0 Å². The molecule has 78 valence electrons. The van der Waals surface area contributed by atoms with Gasteiger partial charge < -0.3 is 15.7 Å². The Bertz CT molecular complexity index is 271. The second-order valence-electron chi connectivity index (χ2n) is 3.46. The summed E-state index contributed by atoms with van der Waals surface area (Å²) in [7, 11) is 1.90. The normalized spacial score (nSPS) is 12.6. The highest BCUT2D eigenvalue weighted by Crippen LogP contribution is 2.09. The Morgan fingerprint density at radius 3 is 2.71 bits per heavy atom. The Balaban J connectivity index is 2.66. The van der Waals surface area contributed by atoms with E-state index in [-0.39, 0.29) is 6.10 Å². The van der Waals surface area contributed by atoms with Gasteiger partial charge in [-0.25, -0.2) is 4.98 Å². The molecule has 0 saturated heterocycles. The van der Waals surface area contributed by atoms with Crippen molar-refractivity contribution in [1.82, 2.24) is 4.98 Å². The molecule has 0 aromatic carbocycles. The maximum Gasteiger partial charge on any atom is 0.128 e. The number of hydrogen-bond donors (Lipinski definition) is 2. The second kappa shape index (κ2) is 4.93. The Morgan fingerprint density at radius 2 is 2.29 bits per heavy atom. The van der Waals surface area contributed by atoms with E-state index in [1.165, 1.54) is 0 Å². The monoisotopic (exact) mass is 195 g/mol. The number of rotatable bonds is 4. The van der Waals surface area contributed by atoms with Crippen molar-refractivity contribution in [2.75, 3.05) is 18.5 Å². The highest BCUT2D eigenvalue weighted by Gasteiger charge is 2.04. The summed E-state index contributed by atoms with van der Waals surface area (Å²) >= 11 is 0. The number of aromatic nitrogens is 1. The number of anilines is 1. The van der Waals surface area contributed by atoms with E-state index in [1.807, 2.05) is 24.1 Å². The number of aliphatic hydroxyl groups excluding tert-OH is 1. The molecule has 0 radical (unpaired) electrons. The van der Waals surface area contributed by atoms with E-state index in [9.17, 15) is 5.11 Å². The fraction of sp³-hybridized carbons (Fsp3) is 0.500. The van der Waals surface area contributed by atoms with Crippen LogP contribution in [-0.2, 0) is 6.54 Å². The third-order valence-corrected chi connectivity index (χ3v) is 1.97. The average Bonchev–Trinajstić information content (AvgIpc) is 2.17. The molecule has 14 heavy (non-hydrogen) atoms. The lowest BCUT2D eigenvalue weighted by atomic mass is 10.3. The molecule has 4 nitrogen and oxygen atoms in total. The molecule has 0 aliphatic heterocycles. The van der Waals surface area contributed by atoms with Crippen LogP contribution in [-0.4, -0.2) is 29.8 Å². The third kappa shape index (κ3) is 2.97. The molecule has 4 heteroatoms. The molecule has 0 aliphatic rings. The van der Waals surface area contributed by atoms with Gasteiger partial charge in [0.05, 0.1) is 6.10 Å². The lowest BCUT2D eigenvalue weighted by molar-refractivity contribution is 0.201. The van der Waals surface area contributed by atoms with Crippen LogP contribution in [0.1, 0.15) is 12.5 Å². The van der Waals surface area contributed by atoms with Gasteiger partial charge in [0, 0.05) is 26.3 Å². The minimum atomic E-state index is -0.351. The number of hydrogen-bond acceptors (Lipinski definition) is 4. The summed E-state index contributed by atoms with van der Waals surface area (Å²) in [6.45, 7) is 2.84. The van der Waals surface area contributed by atoms with E-state index in [0.717, 1.165) is 11.4 Å². The van der Waals surface area contributed by atoms with Crippen molar-refractivity contribution in [2.45, 2.75) is 19.6 Å². The predicted molar refractivity (Wildman–Crippen MR) is 57.1 cm³/mol. The standard InChI is InChI=1S/C10H17N3O/c1-8(14)7-13(2)10-4-3-9(5-11)6-12-10/h3-4,6,8,14H,5,7,11H2,1-2H3. The van der Waals surface area contributed by atoms with Crippen LogP contribution >= 0.6 is 0 Å². The lowest BCUT2D eigenvalue weighted by Crippen LogP contribution is -2.27. The Morgan fingerprint density at radius 1 is 1.57 bits per heavy atom. The maximum atomic E-state index is 9.20. The van der Waals surface area contributed by atoms with Crippen LogP contribution < -0.4 is 10.6 Å². The first-order valence-corrected chi connectivity index (χ1v) is 4.67. The van der Waals surface area contributed by atoms with E-state index in [0.29, 0.717) is 13.1 Å². The third-order valence-electron chi connectivity index (χ3n) is 1.97. The Labute approximate surface area is 84.4 Å². The first kappa shape index (κ1) is 10.9. The molecule has 1 aromatic rings. The van der Waals surface area contributed by atoms with Gasteiger partial charge in [-0.1, -0.05) is 6.07 Å². The number of likely N-dealkylation sites (N-methyl/N-ethyl adjacent to an activating group) is 1. The van der Waals surface area contributed by atoms with E-state index in [2.05, 4.69) is 4.98 Å². The number of aliphatic hydroxyl groups is 1. The van der Waals surface area contributed by atoms with Gasteiger partial charge in [-0.05, 0) is 18.6 Å². The van der Waals surface area contributed by atoms with Crippen LogP contribution in [0.15, 0.2) is 18.3 Å². The minimum Gasteiger partial charge on any atom is -0.392 e. The first-order valence-electron chi connectivity index (χ1n) is 4.67. The maximum absolute atomic E-state index is 9.20. The van der Waals surface area contributed by atoms with E-state index in [1.54, 1.807) is 13.1 Å². The van der Waals surface area contributed by atoms with E-state index >= 15 is 0 Å². The summed E-state index contributed by atoms with van der Waals surface area (Å²) in [6.07, 6.45) is 1.41. The van der Waals surface area contributed by atoms with Crippen molar-refractivity contribution in [2.24, 2.45) is 5.73 Å². The molecule has 0 spiro atoms. The van der Waals surface area contributed by atoms with Gasteiger partial charge in [0.1, 0.15) is 5.82 Å². The summed E-state index contributed by atoms with van der Waals surface area (Å²) < 4.78 is 0. The minimum absolute atomic E-state index is 0.351. The molecule has 0 bridgehead atoms. The molecule has 0 amide bonds. The lowest BCUT2D eigenvalue weighted by Gasteiger charge is -2.19. The number of nitrogens with two attached hydrogens (primary N) is 1. The smallest absolute Gasteiger partial charge is 0.128 e. The quantitative estimate of drug-likeness (QED) is 0.728. The van der Waals surface area contributed by atoms with Crippen LogP contribution in [0.3, 0.4) is 0 Å². The van der Waals surface area contributed by atoms with Crippen LogP contribution in [0.25, 0.3) is 0 Å². The Kier molecular flexibility index (Phi) is 3.85. The molecular formula is C10H17N3O. The molecule has 0 fully saturated rings. The average molecular weight is 195 g/mol. The van der Waals surface area contributed by atoms with Gasteiger partial charge in [0.25, 0.3) is 0 Å². The molecule has 0 aliphatic carbocycles. The van der Waals surface area contributed by atoms with Crippen molar-refractivity contribution in [3.63, 3.8) is 0 Å². The Hall–Kier alpha value is -1.13. The molecule has 0 saturated carbocycles. The molecule has 1 heterocycles. The van der Waals surface area contributed by atoms with Crippen LogP contribution in [0.2, 0.25) is 0 Å². The highest BCUT2D eigenvalue weighted by molar-refractivity contribution is 5.38. The summed E-state index contributed by atoms with van der Waals surface area (Å²) in [5, 5.41) is 9.20. The van der Waals surface area contributed by atoms with Crippen molar-refractivity contribution in [3.8, 4) is 0 Å². The highest BCUT2D eigenvalue weighted by atomic mass is 16.3. The predicted octanol–water partition coefficient (Wildman–Crippen LogP) is 0.357. The topological polar surface area (TPSA) is 62.4 Å². The fourth-order valence-electron chi connectivity index (χ4n) is 1.25. The van der Waals surface area contributed by atoms with Crippen LogP contribution in [0.5, 0.6) is 0 Å². The zero-order valence-corrected chi connectivity index (χ0v) is 8.64. The molecule has 1 rings (SSSR count). The summed E-state index contributed by atoms with van der Waals surface area (Å²) in [6, 6.07) is 3.85. The van der Waals surface area contributed by atoms with Crippen molar-refractivity contribution >= 4 is 5.82 Å². The van der Waals surface area contributed by atoms with Crippen molar-refractivity contribution < 1.29 is 5.11 Å². The zero-order chi connectivity index (χ0) is 10.6. The SMILES string of the molecule is CC(O)CN(C)c1ccc(CN)cn1. The first-order chi connectivity index (χ1) is 6.63. The van der Waals surface area contributed by atoms with Gasteiger partial charge in [-0.3, -0.25) is 0 Å². The summed E-state index contributed by atoms with van der Waals surface area (Å²) in [5.41, 5.74) is 6.48. The number of nitrogens with zero attached hydrogens (tertiary/aromatic N) is 2. The van der Waals surface area contributed by atoms with Crippen LogP contribution in [0, 0.1) is 0 Å². The molecule has 1 aromatic heterocycles. The van der Waals surface area contributed by atoms with Gasteiger partial charge >= 0.3 is 0 Å². The van der Waals surface area contributed by atoms with E-state index < -0.39 is 0 Å². The van der Waals surface area contributed by atoms with Gasteiger partial charge in [0.2, 0.25) is 0 Å². The van der Waals surface area contributed by atoms with Crippen molar-refractivity contribution in [3.05, 3.63) is 23.9 Å². The summed E-state index contributed by atoms with van der Waals surface area (Å²) in [5.74, 6) is 0.850. The number of pyridine rings is 1. The van der Waals surface area contributed by atoms with Gasteiger partial charge in [-0.2, -0.15) is 0 Å². The van der Waals surface area contributed by atoms with Gasteiger partial charge in [0.15, 0.2) is 0 Å². The molecule has 1 unspecified atom stereocenters.